The van der Waals surface area contributed by atoms with Crippen molar-refractivity contribution in [2.24, 2.45) is 5.92 Å². The van der Waals surface area contributed by atoms with Crippen LogP contribution in [0.2, 0.25) is 0 Å². The fraction of sp³-hybridized carbons (Fsp3) is 0.261. The van der Waals surface area contributed by atoms with Gasteiger partial charge in [0.05, 0.1) is 21.2 Å². The van der Waals surface area contributed by atoms with Crippen molar-refractivity contribution in [1.82, 2.24) is 19.1 Å². The van der Waals surface area contributed by atoms with Crippen LogP contribution in [-0.2, 0) is 14.8 Å². The number of halogens is 1. The lowest BCUT2D eigenvalue weighted by Gasteiger charge is -2.31. The Balaban J connectivity index is 1.37. The zero-order valence-electron chi connectivity index (χ0n) is 18.3. The number of benzene rings is 2. The van der Waals surface area contributed by atoms with Crippen LogP contribution < -0.4 is 5.32 Å². The Morgan fingerprint density at radius 1 is 1.18 bits per heavy atom. The number of nitrogens with one attached hydrogen (secondary N) is 1. The molecule has 3 heterocycles. The van der Waals surface area contributed by atoms with Crippen LogP contribution in [0.4, 0.5) is 10.2 Å². The summed E-state index contributed by atoms with van der Waals surface area (Å²) < 4.78 is 43.7. The maximum Gasteiger partial charge on any atom is 0.243 e. The molecule has 0 saturated carbocycles. The van der Waals surface area contributed by atoms with Gasteiger partial charge in [0.25, 0.3) is 0 Å². The number of hydrogen-bond donors (Lipinski definition) is 1. The molecule has 4 aromatic rings. The number of sulfonamides is 1. The Morgan fingerprint density at radius 2 is 1.97 bits per heavy atom. The smallest absolute Gasteiger partial charge is 0.243 e. The Kier molecular flexibility index (Phi) is 5.92. The highest BCUT2D eigenvalue weighted by Crippen LogP contribution is 2.30. The second-order valence-corrected chi connectivity index (χ2v) is 11.1. The van der Waals surface area contributed by atoms with Crippen LogP contribution >= 0.6 is 11.3 Å². The molecule has 2 aromatic heterocycles. The van der Waals surface area contributed by atoms with E-state index in [0.717, 1.165) is 0 Å². The van der Waals surface area contributed by atoms with Crippen LogP contribution in [0.1, 0.15) is 18.5 Å². The monoisotopic (exact) mass is 499 g/mol. The number of para-hydroxylation sites is 1. The van der Waals surface area contributed by atoms with Crippen molar-refractivity contribution in [3.8, 4) is 5.13 Å². The van der Waals surface area contributed by atoms with Gasteiger partial charge in [0.15, 0.2) is 0 Å². The number of fused-ring (bicyclic) bond motifs is 1. The number of carbonyl (C=O) groups excluding carboxylic acids is 1. The number of hydrogen-bond acceptors (Lipinski definition) is 6. The van der Waals surface area contributed by atoms with Crippen LogP contribution in [0, 0.1) is 18.7 Å². The van der Waals surface area contributed by atoms with Crippen molar-refractivity contribution in [2.75, 3.05) is 18.4 Å². The minimum absolute atomic E-state index is 0.0997. The van der Waals surface area contributed by atoms with E-state index in [9.17, 15) is 17.6 Å². The van der Waals surface area contributed by atoms with Crippen molar-refractivity contribution in [2.45, 2.75) is 24.7 Å². The summed E-state index contributed by atoms with van der Waals surface area (Å²) in [6, 6.07) is 14.7. The number of carbonyl (C=O) groups is 1. The summed E-state index contributed by atoms with van der Waals surface area (Å²) in [5.41, 5.74) is 0.911. The van der Waals surface area contributed by atoms with E-state index >= 15 is 0 Å². The van der Waals surface area contributed by atoms with Crippen molar-refractivity contribution in [1.29, 1.82) is 0 Å². The molecule has 5 rings (SSSR count). The van der Waals surface area contributed by atoms with E-state index in [1.165, 1.54) is 26.4 Å². The normalized spacial score (nSPS) is 17.2. The summed E-state index contributed by atoms with van der Waals surface area (Å²) in [5.74, 6) is -0.813. The van der Waals surface area contributed by atoms with E-state index in [0.29, 0.717) is 40.7 Å². The van der Waals surface area contributed by atoms with Crippen LogP contribution in [0.15, 0.2) is 59.5 Å². The average molecular weight is 500 g/mol. The van der Waals surface area contributed by atoms with Gasteiger partial charge in [0, 0.05) is 19.2 Å². The number of piperidine rings is 1. The second kappa shape index (κ2) is 8.90. The maximum atomic E-state index is 14.1. The molecule has 176 valence electrons. The molecule has 1 amide bonds. The molecule has 1 unspecified atom stereocenters. The molecular formula is C23H22FN5O3S2. The lowest BCUT2D eigenvalue weighted by atomic mass is 9.99. The predicted molar refractivity (Wildman–Crippen MR) is 128 cm³/mol. The third-order valence-corrected chi connectivity index (χ3v) is 8.63. The third-order valence-electron chi connectivity index (χ3n) is 5.76. The number of nitrogens with zero attached hydrogens (tertiary/aromatic N) is 4. The van der Waals surface area contributed by atoms with E-state index in [1.807, 2.05) is 0 Å². The van der Waals surface area contributed by atoms with Gasteiger partial charge in [0.2, 0.25) is 21.1 Å². The van der Waals surface area contributed by atoms with E-state index in [2.05, 4.69) is 15.4 Å². The average Bonchev–Trinajstić information content (AvgIpc) is 3.43. The topological polar surface area (TPSA) is 97.2 Å². The fourth-order valence-electron chi connectivity index (χ4n) is 4.07. The molecule has 0 bridgehead atoms. The molecule has 1 fully saturated rings. The molecule has 8 nitrogen and oxygen atoms in total. The quantitative estimate of drug-likeness (QED) is 0.448. The molecule has 1 N–H and O–H groups in total. The molecule has 0 spiro atoms. The summed E-state index contributed by atoms with van der Waals surface area (Å²) in [6.07, 6.45) is 1.16. The molecule has 1 saturated heterocycles. The summed E-state index contributed by atoms with van der Waals surface area (Å²) in [6.45, 7) is 2.26. The largest absolute Gasteiger partial charge is 0.310 e. The Hall–Kier alpha value is -3.15. The van der Waals surface area contributed by atoms with Crippen molar-refractivity contribution in [3.05, 3.63) is 66.1 Å². The van der Waals surface area contributed by atoms with Gasteiger partial charge in [-0.1, -0.05) is 35.6 Å². The second-order valence-electron chi connectivity index (χ2n) is 8.17. The number of thiazole rings is 1. The summed E-state index contributed by atoms with van der Waals surface area (Å²) in [5, 5.41) is 7.73. The maximum absolute atomic E-state index is 14.1. The van der Waals surface area contributed by atoms with E-state index in [-0.39, 0.29) is 22.9 Å². The fourth-order valence-corrected chi connectivity index (χ4v) is 6.56. The summed E-state index contributed by atoms with van der Waals surface area (Å²) in [4.78, 5) is 17.7. The lowest BCUT2D eigenvalue weighted by Crippen LogP contribution is -2.43. The van der Waals surface area contributed by atoms with Crippen LogP contribution in [-0.4, -0.2) is 46.5 Å². The zero-order valence-corrected chi connectivity index (χ0v) is 19.9. The van der Waals surface area contributed by atoms with Crippen molar-refractivity contribution in [3.63, 3.8) is 0 Å². The highest BCUT2D eigenvalue weighted by molar-refractivity contribution is 7.89. The standard InChI is InChI=1S/C23H22FN5O3S2/c1-15-13-20(29(27-15)23-26-21-18(24)10-5-11-19(21)33-23)25-22(30)16-7-6-12-28(14-16)34(31,32)17-8-3-2-4-9-17/h2-5,8-11,13,16H,6-7,12,14H2,1H3,(H,25,30). The molecule has 1 aliphatic heterocycles. The highest BCUT2D eigenvalue weighted by Gasteiger charge is 2.33. The highest BCUT2D eigenvalue weighted by atomic mass is 32.2. The predicted octanol–water partition coefficient (Wildman–Crippen LogP) is 3.97. The first-order valence-electron chi connectivity index (χ1n) is 10.8. The molecule has 1 aliphatic rings. The summed E-state index contributed by atoms with van der Waals surface area (Å²) in [7, 11) is -3.68. The van der Waals surface area contributed by atoms with Crippen LogP contribution in [0.3, 0.4) is 0 Å². The first-order valence-corrected chi connectivity index (χ1v) is 13.1. The van der Waals surface area contributed by atoms with Gasteiger partial charge in [-0.2, -0.15) is 14.1 Å². The van der Waals surface area contributed by atoms with Gasteiger partial charge in [-0.3, -0.25) is 4.79 Å². The third kappa shape index (κ3) is 4.22. The summed E-state index contributed by atoms with van der Waals surface area (Å²) >= 11 is 1.27. The van der Waals surface area contributed by atoms with Crippen molar-refractivity contribution >= 4 is 43.3 Å². The van der Waals surface area contributed by atoms with Crippen LogP contribution in [0.25, 0.3) is 15.3 Å². The minimum atomic E-state index is -3.68. The van der Waals surface area contributed by atoms with Crippen LogP contribution in [0.5, 0.6) is 0 Å². The van der Waals surface area contributed by atoms with E-state index in [4.69, 9.17) is 0 Å². The van der Waals surface area contributed by atoms with Gasteiger partial charge in [-0.15, -0.1) is 0 Å². The molecule has 0 radical (unpaired) electrons. The molecule has 11 heteroatoms. The van der Waals surface area contributed by atoms with Gasteiger partial charge in [0.1, 0.15) is 17.2 Å². The minimum Gasteiger partial charge on any atom is -0.310 e. The van der Waals surface area contributed by atoms with E-state index in [1.54, 1.807) is 55.5 Å². The first kappa shape index (κ1) is 22.6. The zero-order chi connectivity index (χ0) is 23.9. The molecule has 2 aromatic carbocycles. The number of anilines is 1. The van der Waals surface area contributed by atoms with Gasteiger partial charge < -0.3 is 5.32 Å². The number of rotatable bonds is 5. The van der Waals surface area contributed by atoms with E-state index < -0.39 is 21.8 Å². The Morgan fingerprint density at radius 3 is 2.74 bits per heavy atom. The number of amides is 1. The first-order chi connectivity index (χ1) is 16.3. The lowest BCUT2D eigenvalue weighted by molar-refractivity contribution is -0.120. The van der Waals surface area contributed by atoms with Crippen molar-refractivity contribution < 1.29 is 17.6 Å². The molecule has 34 heavy (non-hydrogen) atoms. The van der Waals surface area contributed by atoms with Gasteiger partial charge in [-0.05, 0) is 44.0 Å². The Bertz CT molecular complexity index is 1470. The molecular weight excluding hydrogens is 477 g/mol. The number of aryl methyl sites for hydroxylation is 1. The number of aromatic nitrogens is 3. The Labute approximate surface area is 200 Å². The van der Waals surface area contributed by atoms with Gasteiger partial charge in [-0.25, -0.2) is 17.8 Å². The van der Waals surface area contributed by atoms with Gasteiger partial charge >= 0.3 is 0 Å². The SMILES string of the molecule is Cc1cc(NC(=O)C2CCCN(S(=O)(=O)c3ccccc3)C2)n(-c2nc3c(F)cccc3s2)n1. The molecule has 0 aliphatic carbocycles. The molecule has 1 atom stereocenters.